The van der Waals surface area contributed by atoms with E-state index in [1.54, 1.807) is 20.8 Å². The third-order valence-electron chi connectivity index (χ3n) is 4.53. The predicted octanol–water partition coefficient (Wildman–Crippen LogP) is 3.63. The average Bonchev–Trinajstić information content (AvgIpc) is 2.72. The number of nitrogens with one attached hydrogen (secondary N) is 1. The van der Waals surface area contributed by atoms with Gasteiger partial charge in [-0.3, -0.25) is 9.59 Å². The van der Waals surface area contributed by atoms with Gasteiger partial charge >= 0.3 is 12.1 Å². The van der Waals surface area contributed by atoms with Crippen molar-refractivity contribution in [3.63, 3.8) is 0 Å². The molecule has 0 bridgehead atoms. The summed E-state index contributed by atoms with van der Waals surface area (Å²) < 4.78 is 10.6. The number of likely N-dealkylation sites (N-methyl/N-ethyl adjacent to an activating group) is 1. The highest BCUT2D eigenvalue weighted by atomic mass is 16.6. The van der Waals surface area contributed by atoms with E-state index in [4.69, 9.17) is 9.47 Å². The van der Waals surface area contributed by atoms with Crippen LogP contribution in [0.2, 0.25) is 0 Å². The van der Waals surface area contributed by atoms with Crippen LogP contribution < -0.4 is 5.32 Å². The van der Waals surface area contributed by atoms with Crippen LogP contribution in [0, 0.1) is 6.92 Å². The number of nitrogens with zero attached hydrogens (tertiary/aromatic N) is 1. The minimum absolute atomic E-state index is 0.0892. The zero-order chi connectivity index (χ0) is 23.7. The number of rotatable bonds is 8. The lowest BCUT2D eigenvalue weighted by molar-refractivity contribution is -0.158. The summed E-state index contributed by atoms with van der Waals surface area (Å²) in [5, 5.41) is 2.65. The van der Waals surface area contributed by atoms with Crippen molar-refractivity contribution in [2.45, 2.75) is 52.4 Å². The van der Waals surface area contributed by atoms with E-state index in [1.807, 2.05) is 61.5 Å². The van der Waals surface area contributed by atoms with Gasteiger partial charge in [0.05, 0.1) is 0 Å². The summed E-state index contributed by atoms with van der Waals surface area (Å²) in [6.07, 6.45) is -0.442. The fourth-order valence-corrected chi connectivity index (χ4v) is 2.98. The van der Waals surface area contributed by atoms with E-state index in [9.17, 15) is 14.4 Å². The molecule has 0 aliphatic carbocycles. The van der Waals surface area contributed by atoms with Gasteiger partial charge in [0.25, 0.3) is 0 Å². The van der Waals surface area contributed by atoms with Crippen LogP contribution >= 0.6 is 0 Å². The Morgan fingerprint density at radius 3 is 2.19 bits per heavy atom. The van der Waals surface area contributed by atoms with Gasteiger partial charge in [0.15, 0.2) is 0 Å². The van der Waals surface area contributed by atoms with Crippen LogP contribution in [0.25, 0.3) is 0 Å². The van der Waals surface area contributed by atoms with Crippen LogP contribution in [-0.2, 0) is 32.1 Å². The van der Waals surface area contributed by atoms with Gasteiger partial charge in [0, 0.05) is 13.5 Å². The lowest BCUT2D eigenvalue weighted by atomic mass is 10.0. The second-order valence-corrected chi connectivity index (χ2v) is 8.73. The maximum Gasteiger partial charge on any atom is 0.408 e. The Hall–Kier alpha value is -3.35. The zero-order valence-electron chi connectivity index (χ0n) is 19.4. The summed E-state index contributed by atoms with van der Waals surface area (Å²) in [4.78, 5) is 38.9. The standard InChI is InChI=1S/C25H32N2O5/c1-18-11-13-19(14-12-18)15-21(23(29)27(5)16-22(28)32-25(2,3)4)26-24(30)31-17-20-9-7-6-8-10-20/h6-14,21H,15-17H2,1-5H3,(H,26,30)/t21-/m0/s1. The van der Waals surface area contributed by atoms with Crippen LogP contribution in [0.3, 0.4) is 0 Å². The SMILES string of the molecule is Cc1ccc(C[C@H](NC(=O)OCc2ccccc2)C(=O)N(C)CC(=O)OC(C)(C)C)cc1. The van der Waals surface area contributed by atoms with Crippen LogP contribution in [0.5, 0.6) is 0 Å². The van der Waals surface area contributed by atoms with Gasteiger partial charge in [0.1, 0.15) is 24.8 Å². The number of hydrogen-bond acceptors (Lipinski definition) is 5. The largest absolute Gasteiger partial charge is 0.459 e. The van der Waals surface area contributed by atoms with Crippen LogP contribution in [-0.4, -0.2) is 48.1 Å². The molecule has 7 nitrogen and oxygen atoms in total. The van der Waals surface area contributed by atoms with Crippen molar-refractivity contribution in [2.24, 2.45) is 0 Å². The summed E-state index contributed by atoms with van der Waals surface area (Å²) >= 11 is 0. The van der Waals surface area contributed by atoms with Crippen LogP contribution in [0.15, 0.2) is 54.6 Å². The first-order valence-corrected chi connectivity index (χ1v) is 10.5. The monoisotopic (exact) mass is 440 g/mol. The normalized spacial score (nSPS) is 11.9. The molecule has 1 atom stereocenters. The van der Waals surface area contributed by atoms with E-state index in [1.165, 1.54) is 11.9 Å². The lowest BCUT2D eigenvalue weighted by Crippen LogP contribution is -2.50. The molecular formula is C25H32N2O5. The molecule has 32 heavy (non-hydrogen) atoms. The minimum Gasteiger partial charge on any atom is -0.459 e. The number of carbonyl (C=O) groups is 3. The number of hydrogen-bond donors (Lipinski definition) is 1. The Morgan fingerprint density at radius 2 is 1.59 bits per heavy atom. The lowest BCUT2D eigenvalue weighted by Gasteiger charge is -2.26. The molecule has 2 aromatic rings. The van der Waals surface area contributed by atoms with Crippen LogP contribution in [0.1, 0.15) is 37.5 Å². The van der Waals surface area contributed by atoms with Gasteiger partial charge in [-0.2, -0.15) is 0 Å². The summed E-state index contributed by atoms with van der Waals surface area (Å²) in [7, 11) is 1.51. The second-order valence-electron chi connectivity index (χ2n) is 8.73. The Bertz CT molecular complexity index is 904. The van der Waals surface area contributed by atoms with Crippen molar-refractivity contribution in [1.29, 1.82) is 0 Å². The molecule has 7 heteroatoms. The fourth-order valence-electron chi connectivity index (χ4n) is 2.98. The number of aryl methyl sites for hydroxylation is 1. The third-order valence-corrected chi connectivity index (χ3v) is 4.53. The molecule has 2 aromatic carbocycles. The molecule has 0 spiro atoms. The van der Waals surface area contributed by atoms with Gasteiger partial charge < -0.3 is 19.7 Å². The molecule has 0 aromatic heterocycles. The third kappa shape index (κ3) is 8.79. The maximum absolute atomic E-state index is 13.1. The van der Waals surface area contributed by atoms with E-state index < -0.39 is 29.6 Å². The first-order valence-electron chi connectivity index (χ1n) is 10.5. The Labute approximate surface area is 189 Å². The topological polar surface area (TPSA) is 84.9 Å². The Morgan fingerprint density at radius 1 is 0.969 bits per heavy atom. The van der Waals surface area contributed by atoms with Crippen molar-refractivity contribution >= 4 is 18.0 Å². The van der Waals surface area contributed by atoms with Gasteiger partial charge in [-0.1, -0.05) is 60.2 Å². The van der Waals surface area contributed by atoms with E-state index in [-0.39, 0.29) is 19.6 Å². The molecule has 0 fully saturated rings. The highest BCUT2D eigenvalue weighted by Gasteiger charge is 2.27. The van der Waals surface area contributed by atoms with Crippen molar-refractivity contribution < 1.29 is 23.9 Å². The molecule has 0 unspecified atom stereocenters. The summed E-state index contributed by atoms with van der Waals surface area (Å²) in [5.41, 5.74) is 2.16. The van der Waals surface area contributed by atoms with Gasteiger partial charge in [-0.15, -0.1) is 0 Å². The summed E-state index contributed by atoms with van der Waals surface area (Å²) in [5.74, 6) is -0.929. The fraction of sp³-hybridized carbons (Fsp3) is 0.400. The second kappa shape index (κ2) is 11.3. The first-order chi connectivity index (χ1) is 15.0. The highest BCUT2D eigenvalue weighted by molar-refractivity contribution is 5.88. The molecule has 0 saturated heterocycles. The molecular weight excluding hydrogens is 408 g/mol. The Balaban J connectivity index is 2.06. The minimum atomic E-state index is -0.895. The molecule has 2 rings (SSSR count). The van der Waals surface area contributed by atoms with Gasteiger partial charge in [0.2, 0.25) is 5.91 Å². The van der Waals surface area contributed by atoms with Crippen molar-refractivity contribution in [2.75, 3.05) is 13.6 Å². The summed E-state index contributed by atoms with van der Waals surface area (Å²) in [6.45, 7) is 7.12. The average molecular weight is 441 g/mol. The van der Waals surface area contributed by atoms with E-state index in [2.05, 4.69) is 5.32 Å². The van der Waals surface area contributed by atoms with Crippen molar-refractivity contribution in [1.82, 2.24) is 10.2 Å². The first kappa shape index (κ1) is 24.9. The molecule has 0 aliphatic rings. The number of ether oxygens (including phenoxy) is 2. The molecule has 0 aliphatic heterocycles. The predicted molar refractivity (Wildman–Crippen MR) is 122 cm³/mol. The maximum atomic E-state index is 13.1. The molecule has 172 valence electrons. The molecule has 0 heterocycles. The highest BCUT2D eigenvalue weighted by Crippen LogP contribution is 2.11. The number of esters is 1. The van der Waals surface area contributed by atoms with Crippen LogP contribution in [0.4, 0.5) is 4.79 Å². The van der Waals surface area contributed by atoms with E-state index in [0.29, 0.717) is 0 Å². The van der Waals surface area contributed by atoms with E-state index >= 15 is 0 Å². The van der Waals surface area contributed by atoms with Crippen molar-refractivity contribution in [3.05, 3.63) is 71.3 Å². The summed E-state index contributed by atoms with van der Waals surface area (Å²) in [6, 6.07) is 16.1. The molecule has 0 radical (unpaired) electrons. The number of amides is 2. The number of benzene rings is 2. The van der Waals surface area contributed by atoms with Crippen molar-refractivity contribution in [3.8, 4) is 0 Å². The zero-order valence-corrected chi connectivity index (χ0v) is 19.4. The molecule has 2 amide bonds. The molecule has 1 N–H and O–H groups in total. The van der Waals surface area contributed by atoms with Gasteiger partial charge in [-0.25, -0.2) is 4.79 Å². The number of carbonyl (C=O) groups excluding carboxylic acids is 3. The Kier molecular flexibility index (Phi) is 8.81. The quantitative estimate of drug-likeness (QED) is 0.634. The van der Waals surface area contributed by atoms with Gasteiger partial charge in [-0.05, 0) is 38.8 Å². The van der Waals surface area contributed by atoms with E-state index in [0.717, 1.165) is 16.7 Å². The molecule has 0 saturated carbocycles. The number of alkyl carbamates (subject to hydrolysis) is 1. The smallest absolute Gasteiger partial charge is 0.408 e.